The number of fused-ring (bicyclic) bond motifs is 1. The Hall–Kier alpha value is -8.38. The molecule has 0 bridgehead atoms. The summed E-state index contributed by atoms with van der Waals surface area (Å²) >= 11 is 0. The molecule has 4 atom stereocenters. The van der Waals surface area contributed by atoms with Gasteiger partial charge in [0.15, 0.2) is 29.8 Å². The van der Waals surface area contributed by atoms with Gasteiger partial charge in [0, 0.05) is 29.7 Å². The summed E-state index contributed by atoms with van der Waals surface area (Å²) in [5.41, 5.74) is 6.68. The van der Waals surface area contributed by atoms with Crippen molar-refractivity contribution in [3.8, 4) is 28.7 Å². The molecule has 73 heavy (non-hydrogen) atoms. The van der Waals surface area contributed by atoms with E-state index in [1.165, 1.54) is 7.11 Å². The van der Waals surface area contributed by atoms with Crippen LogP contribution in [0.2, 0.25) is 0 Å². The molecule has 11 nitrogen and oxygen atoms in total. The quantitative estimate of drug-likeness (QED) is 0.0570. The van der Waals surface area contributed by atoms with Crippen LogP contribution in [-0.2, 0) is 74.6 Å². The minimum absolute atomic E-state index is 0.0110. The lowest BCUT2D eigenvalue weighted by atomic mass is 9.93. The van der Waals surface area contributed by atoms with E-state index in [4.69, 9.17) is 42.6 Å². The predicted molar refractivity (Wildman–Crippen MR) is 275 cm³/mol. The maximum Gasteiger partial charge on any atom is 0.339 e. The van der Waals surface area contributed by atoms with Gasteiger partial charge in [0.2, 0.25) is 0 Å². The Morgan fingerprint density at radius 1 is 0.452 bits per heavy atom. The van der Waals surface area contributed by atoms with Crippen molar-refractivity contribution in [2.24, 2.45) is 0 Å². The Morgan fingerprint density at radius 3 is 1.33 bits per heavy atom. The second-order valence-corrected chi connectivity index (χ2v) is 17.4. The first-order chi connectivity index (χ1) is 36.0. The molecular weight excluding hydrogens is 921 g/mol. The number of carbonyl (C=O) groups is 2. The number of hydrogen-bond acceptors (Lipinski definition) is 11. The fourth-order valence-electron chi connectivity index (χ4n) is 8.31. The number of rotatable bonds is 23. The highest BCUT2D eigenvalue weighted by molar-refractivity contribution is 5.86. The van der Waals surface area contributed by atoms with Gasteiger partial charge in [-0.1, -0.05) is 188 Å². The van der Waals surface area contributed by atoms with Crippen LogP contribution in [0.1, 0.15) is 50.6 Å². The smallest absolute Gasteiger partial charge is 0.339 e. The lowest BCUT2D eigenvalue weighted by Gasteiger charge is -2.36. The number of esters is 2. The van der Waals surface area contributed by atoms with Crippen LogP contribution in [0.25, 0.3) is 0 Å². The van der Waals surface area contributed by atoms with Gasteiger partial charge in [-0.15, -0.1) is 0 Å². The largest absolute Gasteiger partial charge is 0.489 e. The highest BCUT2D eigenvalue weighted by Crippen LogP contribution is 2.45. The molecule has 0 saturated carbocycles. The van der Waals surface area contributed by atoms with E-state index in [-0.39, 0.29) is 32.8 Å². The standard InChI is InChI=1S/C62H56O11/c1-65-61(63)59(70-42-48-28-16-6-17-29-48)60(71-43-49-30-18-7-19-31-49)62(64)73-57-37-52-54(68-40-46-24-12-4-13-25-46)35-51(66-38-44-20-8-2-9-21-44)36-55(52)72-58(57)50-32-33-53(67-39-45-22-10-3-11-23-45)56(34-50)69-41-47-26-14-5-15-27-47/h2-36,57-60H,37-43H2,1H3/t57-,58+,59+,60+/m0/s1. The number of methoxy groups -OCH3 is 1. The van der Waals surface area contributed by atoms with E-state index in [0.29, 0.717) is 53.1 Å². The predicted octanol–water partition coefficient (Wildman–Crippen LogP) is 11.9. The second-order valence-electron chi connectivity index (χ2n) is 17.4. The normalized spacial score (nSPS) is 14.6. The van der Waals surface area contributed by atoms with E-state index < -0.39 is 36.4 Å². The zero-order valence-corrected chi connectivity index (χ0v) is 40.5. The van der Waals surface area contributed by atoms with Gasteiger partial charge in [-0.25, -0.2) is 9.59 Å². The first kappa shape index (κ1) is 49.6. The van der Waals surface area contributed by atoms with E-state index >= 15 is 4.79 Å². The lowest BCUT2D eigenvalue weighted by molar-refractivity contribution is -0.191. The van der Waals surface area contributed by atoms with Crippen molar-refractivity contribution >= 4 is 11.9 Å². The molecule has 0 saturated heterocycles. The second kappa shape index (κ2) is 25.1. The molecule has 0 N–H and O–H groups in total. The van der Waals surface area contributed by atoms with Crippen LogP contribution < -0.4 is 23.7 Å². The van der Waals surface area contributed by atoms with Crippen molar-refractivity contribution < 1.29 is 52.2 Å². The van der Waals surface area contributed by atoms with Crippen LogP contribution in [0.5, 0.6) is 28.7 Å². The summed E-state index contributed by atoms with van der Waals surface area (Å²) in [7, 11) is 1.24. The fraction of sp³-hybridized carbons (Fsp3) is 0.194. The van der Waals surface area contributed by atoms with Gasteiger partial charge in [0.25, 0.3) is 0 Å². The van der Waals surface area contributed by atoms with Crippen molar-refractivity contribution in [1.82, 2.24) is 0 Å². The maximum atomic E-state index is 15.1. The summed E-state index contributed by atoms with van der Waals surface area (Å²) in [5, 5.41) is 0. The number of benzene rings is 8. The molecule has 0 fully saturated rings. The molecule has 1 heterocycles. The van der Waals surface area contributed by atoms with Gasteiger partial charge >= 0.3 is 11.9 Å². The molecule has 0 spiro atoms. The molecule has 0 aliphatic carbocycles. The summed E-state index contributed by atoms with van der Waals surface area (Å²) in [6.45, 7) is 1.04. The molecule has 0 aromatic heterocycles. The third kappa shape index (κ3) is 13.7. The number of carbonyl (C=O) groups excluding carboxylic acids is 2. The van der Waals surface area contributed by atoms with Crippen LogP contribution in [0, 0.1) is 0 Å². The lowest BCUT2D eigenvalue weighted by Crippen LogP contribution is -2.47. The maximum absolute atomic E-state index is 15.1. The summed E-state index contributed by atoms with van der Waals surface area (Å²) in [5.74, 6) is 0.758. The van der Waals surface area contributed by atoms with E-state index in [9.17, 15) is 4.79 Å². The van der Waals surface area contributed by atoms with Gasteiger partial charge in [0.05, 0.1) is 20.3 Å². The highest BCUT2D eigenvalue weighted by Gasteiger charge is 2.43. The van der Waals surface area contributed by atoms with E-state index in [2.05, 4.69) is 0 Å². The minimum Gasteiger partial charge on any atom is -0.489 e. The third-order valence-electron chi connectivity index (χ3n) is 12.1. The van der Waals surface area contributed by atoms with Gasteiger partial charge < -0.3 is 42.6 Å². The Kier molecular flexibility index (Phi) is 17.1. The average molecular weight is 977 g/mol. The highest BCUT2D eigenvalue weighted by atomic mass is 16.6. The zero-order valence-electron chi connectivity index (χ0n) is 40.5. The van der Waals surface area contributed by atoms with E-state index in [1.807, 2.05) is 212 Å². The molecule has 0 unspecified atom stereocenters. The molecule has 9 rings (SSSR count). The molecule has 370 valence electrons. The van der Waals surface area contributed by atoms with Crippen molar-refractivity contribution in [2.45, 2.75) is 70.5 Å². The molecule has 8 aromatic rings. The van der Waals surface area contributed by atoms with Gasteiger partial charge in [-0.3, -0.25) is 0 Å². The molecule has 1 aliphatic rings. The molecule has 0 amide bonds. The van der Waals surface area contributed by atoms with Crippen molar-refractivity contribution in [3.63, 3.8) is 0 Å². The first-order valence-electron chi connectivity index (χ1n) is 24.2. The van der Waals surface area contributed by atoms with Crippen molar-refractivity contribution in [1.29, 1.82) is 0 Å². The van der Waals surface area contributed by atoms with Crippen LogP contribution >= 0.6 is 0 Å². The molecule has 0 radical (unpaired) electrons. The number of ether oxygens (including phenoxy) is 9. The van der Waals surface area contributed by atoms with Crippen LogP contribution in [0.15, 0.2) is 212 Å². The average Bonchev–Trinajstić information content (AvgIpc) is 3.45. The fourth-order valence-corrected chi connectivity index (χ4v) is 8.31. The zero-order chi connectivity index (χ0) is 50.0. The monoisotopic (exact) mass is 976 g/mol. The van der Waals surface area contributed by atoms with Crippen LogP contribution in [0.3, 0.4) is 0 Å². The third-order valence-corrected chi connectivity index (χ3v) is 12.1. The summed E-state index contributed by atoms with van der Waals surface area (Å²) in [6.07, 6.45) is -4.92. The van der Waals surface area contributed by atoms with Gasteiger partial charge in [-0.2, -0.15) is 0 Å². The minimum atomic E-state index is -1.57. The summed E-state index contributed by atoms with van der Waals surface area (Å²) in [4.78, 5) is 28.8. The van der Waals surface area contributed by atoms with Crippen LogP contribution in [-0.4, -0.2) is 37.4 Å². The SMILES string of the molecule is COC(=O)[C@H](OCc1ccccc1)[C@@H](OCc1ccccc1)C(=O)O[C@H]1Cc2c(OCc3ccccc3)cc(OCc3ccccc3)cc2O[C@@H]1c1ccc(OCc2ccccc2)c(OCc2ccccc2)c1. The van der Waals surface area contributed by atoms with E-state index in [1.54, 1.807) is 0 Å². The molecular formula is C62H56O11. The molecule has 8 aromatic carbocycles. The van der Waals surface area contributed by atoms with Crippen molar-refractivity contribution in [2.75, 3.05) is 7.11 Å². The Morgan fingerprint density at radius 2 is 0.863 bits per heavy atom. The summed E-state index contributed by atoms with van der Waals surface area (Å²) in [6, 6.07) is 67.3. The molecule has 11 heteroatoms. The Labute approximate surface area is 425 Å². The Bertz CT molecular complexity index is 2980. The summed E-state index contributed by atoms with van der Waals surface area (Å²) < 4.78 is 57.5. The number of hydrogen-bond donors (Lipinski definition) is 0. The molecule has 1 aliphatic heterocycles. The topological polar surface area (TPSA) is 117 Å². The van der Waals surface area contributed by atoms with E-state index in [0.717, 1.165) is 33.4 Å². The van der Waals surface area contributed by atoms with Crippen LogP contribution in [0.4, 0.5) is 0 Å². The van der Waals surface area contributed by atoms with Gasteiger partial charge in [-0.05, 0) is 45.5 Å². The Balaban J connectivity index is 1.10. The van der Waals surface area contributed by atoms with Crippen molar-refractivity contribution in [3.05, 3.63) is 257 Å². The van der Waals surface area contributed by atoms with Gasteiger partial charge in [0.1, 0.15) is 49.8 Å². The first-order valence-corrected chi connectivity index (χ1v) is 24.2.